The number of carbonyl (C=O) groups is 1. The van der Waals surface area contributed by atoms with Crippen LogP contribution < -0.4 is 10.6 Å². The normalized spacial score (nSPS) is 24.6. The highest BCUT2D eigenvalue weighted by molar-refractivity contribution is 7.98. The zero-order chi connectivity index (χ0) is 11.8. The highest BCUT2D eigenvalue weighted by Gasteiger charge is 2.28. The van der Waals surface area contributed by atoms with Gasteiger partial charge in [0.2, 0.25) is 5.91 Å². The number of ether oxygens (including phenoxy) is 1. The Balaban J connectivity index is 2.06. The summed E-state index contributed by atoms with van der Waals surface area (Å²) in [6.45, 7) is 1.57. The lowest BCUT2D eigenvalue weighted by molar-refractivity contribution is -0.122. The van der Waals surface area contributed by atoms with E-state index >= 15 is 0 Å². The number of thioether (sulfide) groups is 1. The second-order valence-corrected chi connectivity index (χ2v) is 5.03. The van der Waals surface area contributed by atoms with E-state index < -0.39 is 0 Å². The van der Waals surface area contributed by atoms with Gasteiger partial charge < -0.3 is 15.4 Å². The van der Waals surface area contributed by atoms with E-state index in [-0.39, 0.29) is 18.1 Å². The van der Waals surface area contributed by atoms with Gasteiger partial charge in [0.1, 0.15) is 0 Å². The minimum Gasteiger partial charge on any atom is -0.380 e. The van der Waals surface area contributed by atoms with Gasteiger partial charge in [-0.15, -0.1) is 0 Å². The molecule has 5 heteroatoms. The number of hydrogen-bond donors (Lipinski definition) is 2. The summed E-state index contributed by atoms with van der Waals surface area (Å²) in [4.78, 5) is 11.7. The maximum atomic E-state index is 11.7. The number of carbonyl (C=O) groups excluding carboxylic acids is 1. The molecule has 16 heavy (non-hydrogen) atoms. The van der Waals surface area contributed by atoms with Gasteiger partial charge in [0.25, 0.3) is 0 Å². The summed E-state index contributed by atoms with van der Waals surface area (Å²) >= 11 is 1.85. The lowest BCUT2D eigenvalue weighted by atomic mass is 10.2. The quantitative estimate of drug-likeness (QED) is 0.647. The van der Waals surface area contributed by atoms with E-state index in [2.05, 4.69) is 16.9 Å². The fourth-order valence-corrected chi connectivity index (χ4v) is 2.28. The molecule has 94 valence electrons. The topological polar surface area (TPSA) is 50.4 Å². The third-order valence-corrected chi connectivity index (χ3v) is 3.51. The molecule has 2 unspecified atom stereocenters. The lowest BCUT2D eigenvalue weighted by Gasteiger charge is -2.10. The molecule has 0 aromatic rings. The fourth-order valence-electron chi connectivity index (χ4n) is 1.79. The minimum atomic E-state index is -0.0644. The molecule has 0 aliphatic carbocycles. The summed E-state index contributed by atoms with van der Waals surface area (Å²) in [6.07, 6.45) is 5.30. The number of amides is 1. The number of nitrogens with one attached hydrogen (secondary N) is 2. The third kappa shape index (κ3) is 4.72. The molecular weight excluding hydrogens is 224 g/mol. The summed E-state index contributed by atoms with van der Waals surface area (Å²) in [7, 11) is 1.69. The van der Waals surface area contributed by atoms with Crippen molar-refractivity contribution in [3.8, 4) is 0 Å². The van der Waals surface area contributed by atoms with Crippen LogP contribution in [0, 0.1) is 0 Å². The average Bonchev–Trinajstić information content (AvgIpc) is 2.77. The predicted octanol–water partition coefficient (Wildman–Crippen LogP) is 0.623. The minimum absolute atomic E-state index is 0.0644. The Morgan fingerprint density at radius 2 is 2.38 bits per heavy atom. The molecule has 2 N–H and O–H groups in total. The lowest BCUT2D eigenvalue weighted by Crippen LogP contribution is -2.40. The molecule has 4 nitrogen and oxygen atoms in total. The van der Waals surface area contributed by atoms with Crippen LogP contribution in [0.4, 0.5) is 0 Å². The van der Waals surface area contributed by atoms with Gasteiger partial charge in [0, 0.05) is 20.2 Å². The zero-order valence-electron chi connectivity index (χ0n) is 10.1. The van der Waals surface area contributed by atoms with Crippen molar-refractivity contribution in [1.82, 2.24) is 10.6 Å². The molecule has 1 heterocycles. The van der Waals surface area contributed by atoms with Crippen molar-refractivity contribution in [2.45, 2.75) is 31.4 Å². The largest absolute Gasteiger partial charge is 0.380 e. The van der Waals surface area contributed by atoms with E-state index in [9.17, 15) is 4.79 Å². The summed E-state index contributed by atoms with van der Waals surface area (Å²) in [5, 5.41) is 6.13. The Bertz CT molecular complexity index is 214. The Kier molecular flexibility index (Phi) is 6.84. The maximum absolute atomic E-state index is 11.7. The highest BCUT2D eigenvalue weighted by Crippen LogP contribution is 2.09. The Morgan fingerprint density at radius 3 is 3.00 bits per heavy atom. The Labute approximate surface area is 102 Å². The van der Waals surface area contributed by atoms with Gasteiger partial charge in [-0.3, -0.25) is 4.79 Å². The van der Waals surface area contributed by atoms with Crippen LogP contribution in [0.1, 0.15) is 19.3 Å². The summed E-state index contributed by atoms with van der Waals surface area (Å²) in [6, 6.07) is -0.0644. The first kappa shape index (κ1) is 13.8. The van der Waals surface area contributed by atoms with Crippen molar-refractivity contribution in [2.75, 3.05) is 32.2 Å². The number of hydrogen-bond acceptors (Lipinski definition) is 4. The monoisotopic (exact) mass is 246 g/mol. The molecule has 1 amide bonds. The zero-order valence-corrected chi connectivity index (χ0v) is 10.9. The molecule has 1 saturated heterocycles. The van der Waals surface area contributed by atoms with E-state index in [4.69, 9.17) is 4.74 Å². The van der Waals surface area contributed by atoms with Crippen LogP contribution in [-0.2, 0) is 9.53 Å². The van der Waals surface area contributed by atoms with Crippen LogP contribution in [0.15, 0.2) is 0 Å². The van der Waals surface area contributed by atoms with E-state index in [1.807, 2.05) is 11.8 Å². The van der Waals surface area contributed by atoms with Crippen LogP contribution in [0.25, 0.3) is 0 Å². The van der Waals surface area contributed by atoms with Crippen molar-refractivity contribution in [2.24, 2.45) is 0 Å². The van der Waals surface area contributed by atoms with E-state index in [1.165, 1.54) is 12.2 Å². The van der Waals surface area contributed by atoms with Gasteiger partial charge >= 0.3 is 0 Å². The first-order valence-electron chi connectivity index (χ1n) is 5.80. The van der Waals surface area contributed by atoms with Crippen LogP contribution in [-0.4, -0.2) is 50.3 Å². The molecule has 1 aliphatic rings. The Hall–Kier alpha value is -0.260. The molecule has 0 aromatic carbocycles. The predicted molar refractivity (Wildman–Crippen MR) is 67.8 cm³/mol. The van der Waals surface area contributed by atoms with Crippen molar-refractivity contribution in [3.63, 3.8) is 0 Å². The molecule has 2 atom stereocenters. The standard InChI is InChI=1S/C11H22N2O2S/c1-15-9-7-10(13-8-9)11(14)12-5-3-4-6-16-2/h9-10,13H,3-8H2,1-2H3,(H,12,14). The Morgan fingerprint density at radius 1 is 1.56 bits per heavy atom. The summed E-state index contributed by atoms with van der Waals surface area (Å²) < 4.78 is 5.20. The molecular formula is C11H22N2O2S. The van der Waals surface area contributed by atoms with E-state index in [0.717, 1.165) is 25.9 Å². The molecule has 0 aromatic heterocycles. The number of unbranched alkanes of at least 4 members (excludes halogenated alkanes) is 1. The van der Waals surface area contributed by atoms with Crippen molar-refractivity contribution < 1.29 is 9.53 Å². The van der Waals surface area contributed by atoms with Crippen LogP contribution in [0.2, 0.25) is 0 Å². The molecule has 0 bridgehead atoms. The van der Waals surface area contributed by atoms with Crippen molar-refractivity contribution in [3.05, 3.63) is 0 Å². The first-order chi connectivity index (χ1) is 7.77. The van der Waals surface area contributed by atoms with Gasteiger partial charge in [0.05, 0.1) is 12.1 Å². The second kappa shape index (κ2) is 7.92. The molecule has 0 saturated carbocycles. The highest BCUT2D eigenvalue weighted by atomic mass is 32.2. The van der Waals surface area contributed by atoms with E-state index in [0.29, 0.717) is 0 Å². The van der Waals surface area contributed by atoms with Crippen LogP contribution in [0.3, 0.4) is 0 Å². The maximum Gasteiger partial charge on any atom is 0.237 e. The fraction of sp³-hybridized carbons (Fsp3) is 0.909. The van der Waals surface area contributed by atoms with Crippen LogP contribution in [0.5, 0.6) is 0 Å². The SMILES string of the molecule is COC1CNC(C(=O)NCCCCSC)C1. The van der Waals surface area contributed by atoms with Gasteiger partial charge in [-0.1, -0.05) is 0 Å². The molecule has 1 fully saturated rings. The second-order valence-electron chi connectivity index (χ2n) is 4.05. The first-order valence-corrected chi connectivity index (χ1v) is 7.20. The summed E-state index contributed by atoms with van der Waals surface area (Å²) in [5.74, 6) is 1.28. The van der Waals surface area contributed by atoms with E-state index in [1.54, 1.807) is 7.11 Å². The van der Waals surface area contributed by atoms with Crippen molar-refractivity contribution in [1.29, 1.82) is 0 Å². The molecule has 0 spiro atoms. The molecule has 0 radical (unpaired) electrons. The van der Waals surface area contributed by atoms with Gasteiger partial charge in [-0.2, -0.15) is 11.8 Å². The van der Waals surface area contributed by atoms with Gasteiger partial charge in [-0.25, -0.2) is 0 Å². The van der Waals surface area contributed by atoms with Crippen LogP contribution >= 0.6 is 11.8 Å². The smallest absolute Gasteiger partial charge is 0.237 e. The number of methoxy groups -OCH3 is 1. The summed E-state index contributed by atoms with van der Waals surface area (Å²) in [5.41, 5.74) is 0. The molecule has 1 rings (SSSR count). The van der Waals surface area contributed by atoms with Gasteiger partial charge in [0.15, 0.2) is 0 Å². The number of rotatable bonds is 7. The molecule has 1 aliphatic heterocycles. The van der Waals surface area contributed by atoms with Crippen molar-refractivity contribution >= 4 is 17.7 Å². The van der Waals surface area contributed by atoms with Gasteiger partial charge in [-0.05, 0) is 31.3 Å². The average molecular weight is 246 g/mol. The third-order valence-electron chi connectivity index (χ3n) is 2.81.